The van der Waals surface area contributed by atoms with E-state index in [2.05, 4.69) is 22.4 Å². The number of hydrogen-bond donors (Lipinski definition) is 1. The number of para-hydroxylation sites is 1. The molecule has 4 rings (SSSR count). The fourth-order valence-electron chi connectivity index (χ4n) is 3.72. The van der Waals surface area contributed by atoms with Gasteiger partial charge in [-0.25, -0.2) is 4.98 Å². The van der Waals surface area contributed by atoms with E-state index < -0.39 is 5.25 Å². The maximum Gasteiger partial charge on any atom is 0.262 e. The summed E-state index contributed by atoms with van der Waals surface area (Å²) < 4.78 is 6.75. The van der Waals surface area contributed by atoms with Gasteiger partial charge in [-0.15, -0.1) is 0 Å². The Hall–Kier alpha value is -2.64. The normalized spacial score (nSPS) is 13.9. The molecule has 0 bridgehead atoms. The molecule has 1 aliphatic carbocycles. The van der Waals surface area contributed by atoms with E-state index in [0.29, 0.717) is 29.2 Å². The minimum atomic E-state index is -0.417. The lowest BCUT2D eigenvalue weighted by Gasteiger charge is -2.16. The predicted octanol–water partition coefficient (Wildman–Crippen LogP) is 3.65. The number of rotatable bonds is 7. The van der Waals surface area contributed by atoms with Crippen LogP contribution in [0.4, 0.5) is 5.69 Å². The van der Waals surface area contributed by atoms with E-state index in [9.17, 15) is 9.59 Å². The quantitative estimate of drug-likeness (QED) is 0.464. The van der Waals surface area contributed by atoms with Crippen LogP contribution >= 0.6 is 11.8 Å². The van der Waals surface area contributed by atoms with Crippen molar-refractivity contribution in [1.82, 2.24) is 9.55 Å². The van der Waals surface area contributed by atoms with Gasteiger partial charge in [0.05, 0.1) is 29.3 Å². The first-order valence-electron chi connectivity index (χ1n) is 10.1. The number of aryl methyl sites for hydroxylation is 2. The Morgan fingerprint density at radius 1 is 1.23 bits per heavy atom. The zero-order valence-electron chi connectivity index (χ0n) is 17.2. The van der Waals surface area contributed by atoms with Crippen molar-refractivity contribution >= 4 is 34.3 Å². The predicted molar refractivity (Wildman–Crippen MR) is 120 cm³/mol. The van der Waals surface area contributed by atoms with E-state index in [0.717, 1.165) is 18.5 Å². The van der Waals surface area contributed by atoms with Gasteiger partial charge >= 0.3 is 0 Å². The Balaban J connectivity index is 1.56. The molecule has 6 nitrogen and oxygen atoms in total. The standard InChI is InChI=1S/C23H25N3O3S/c1-15(21(27)24-18-11-10-16-6-5-7-17(16)14-18)30-23-25-20-9-4-3-8-19(20)22(28)26(23)12-13-29-2/h3-4,8-11,14-15H,5-7,12-13H2,1-2H3,(H,24,27)/t15-/m1/s1. The van der Waals surface area contributed by atoms with Gasteiger partial charge in [0, 0.05) is 12.8 Å². The summed E-state index contributed by atoms with van der Waals surface area (Å²) in [5, 5.41) is 3.67. The van der Waals surface area contributed by atoms with Crippen LogP contribution in [0.5, 0.6) is 0 Å². The number of carbonyl (C=O) groups excluding carboxylic acids is 1. The largest absolute Gasteiger partial charge is 0.383 e. The monoisotopic (exact) mass is 423 g/mol. The molecule has 1 amide bonds. The summed E-state index contributed by atoms with van der Waals surface area (Å²) >= 11 is 1.29. The van der Waals surface area contributed by atoms with Crippen molar-refractivity contribution in [2.45, 2.75) is 43.1 Å². The minimum Gasteiger partial charge on any atom is -0.383 e. The van der Waals surface area contributed by atoms with E-state index in [1.165, 1.54) is 29.3 Å². The highest BCUT2D eigenvalue weighted by Gasteiger charge is 2.20. The van der Waals surface area contributed by atoms with Gasteiger partial charge in [0.1, 0.15) is 0 Å². The number of amides is 1. The number of nitrogens with zero attached hydrogens (tertiary/aromatic N) is 2. The SMILES string of the molecule is COCCn1c(S[C@H](C)C(=O)Nc2ccc3c(c2)CCC3)nc2ccccc2c1=O. The number of nitrogens with one attached hydrogen (secondary N) is 1. The van der Waals surface area contributed by atoms with Crippen molar-refractivity contribution in [3.8, 4) is 0 Å². The van der Waals surface area contributed by atoms with Crippen molar-refractivity contribution in [3.63, 3.8) is 0 Å². The highest BCUT2D eigenvalue weighted by molar-refractivity contribution is 8.00. The molecule has 0 spiro atoms. The van der Waals surface area contributed by atoms with Crippen molar-refractivity contribution in [3.05, 3.63) is 63.9 Å². The van der Waals surface area contributed by atoms with Crippen LogP contribution in [0, 0.1) is 0 Å². The van der Waals surface area contributed by atoms with Gasteiger partial charge in [-0.1, -0.05) is 30.0 Å². The van der Waals surface area contributed by atoms with Crippen LogP contribution in [0.2, 0.25) is 0 Å². The average molecular weight is 424 g/mol. The Labute approximate surface area is 179 Å². The molecule has 1 aromatic heterocycles. The summed E-state index contributed by atoms with van der Waals surface area (Å²) in [6, 6.07) is 13.4. The fraction of sp³-hybridized carbons (Fsp3) is 0.348. The highest BCUT2D eigenvalue weighted by Crippen LogP contribution is 2.27. The molecule has 1 N–H and O–H groups in total. The zero-order chi connectivity index (χ0) is 21.1. The molecule has 3 aromatic rings. The van der Waals surface area contributed by atoms with E-state index in [4.69, 9.17) is 4.74 Å². The molecule has 1 atom stereocenters. The number of thioether (sulfide) groups is 1. The van der Waals surface area contributed by atoms with Gasteiger partial charge in [-0.05, 0) is 61.6 Å². The van der Waals surface area contributed by atoms with E-state index >= 15 is 0 Å². The van der Waals surface area contributed by atoms with Gasteiger partial charge in [-0.2, -0.15) is 0 Å². The van der Waals surface area contributed by atoms with Gasteiger partial charge in [0.25, 0.3) is 5.56 Å². The number of methoxy groups -OCH3 is 1. The molecule has 0 saturated heterocycles. The average Bonchev–Trinajstić information content (AvgIpc) is 3.21. The van der Waals surface area contributed by atoms with Gasteiger partial charge < -0.3 is 10.1 Å². The van der Waals surface area contributed by atoms with Crippen LogP contribution < -0.4 is 10.9 Å². The zero-order valence-corrected chi connectivity index (χ0v) is 18.0. The second kappa shape index (κ2) is 9.02. The molecule has 7 heteroatoms. The second-order valence-corrected chi connectivity index (χ2v) is 8.76. The summed E-state index contributed by atoms with van der Waals surface area (Å²) in [5.74, 6) is -0.112. The molecule has 0 fully saturated rings. The maximum atomic E-state index is 13.0. The third-order valence-electron chi connectivity index (χ3n) is 5.36. The molecular weight excluding hydrogens is 398 g/mol. The smallest absolute Gasteiger partial charge is 0.262 e. The molecule has 0 aliphatic heterocycles. The summed E-state index contributed by atoms with van der Waals surface area (Å²) in [5.41, 5.74) is 4.02. The Morgan fingerprint density at radius 3 is 2.87 bits per heavy atom. The van der Waals surface area contributed by atoms with E-state index in [1.54, 1.807) is 17.7 Å². The van der Waals surface area contributed by atoms with Crippen LogP contribution in [0.15, 0.2) is 52.4 Å². The molecule has 0 unspecified atom stereocenters. The summed E-state index contributed by atoms with van der Waals surface area (Å²) in [4.78, 5) is 30.4. The molecule has 156 valence electrons. The van der Waals surface area contributed by atoms with Crippen LogP contribution in [-0.4, -0.2) is 34.4 Å². The lowest BCUT2D eigenvalue weighted by atomic mass is 10.1. The molecule has 0 radical (unpaired) electrons. The number of fused-ring (bicyclic) bond motifs is 2. The van der Waals surface area contributed by atoms with Crippen LogP contribution in [-0.2, 0) is 28.9 Å². The van der Waals surface area contributed by atoms with Gasteiger partial charge in [0.2, 0.25) is 5.91 Å². The lowest BCUT2D eigenvalue weighted by molar-refractivity contribution is -0.115. The first-order chi connectivity index (χ1) is 14.6. The molecule has 30 heavy (non-hydrogen) atoms. The third kappa shape index (κ3) is 4.27. The Morgan fingerprint density at radius 2 is 2.03 bits per heavy atom. The maximum absolute atomic E-state index is 13.0. The Bertz CT molecular complexity index is 1140. The first-order valence-corrected chi connectivity index (χ1v) is 11.0. The Kier molecular flexibility index (Phi) is 6.20. The number of carbonyl (C=O) groups is 1. The topological polar surface area (TPSA) is 73.2 Å². The fourth-order valence-corrected chi connectivity index (χ4v) is 4.66. The molecule has 1 heterocycles. The van der Waals surface area contributed by atoms with Crippen molar-refractivity contribution in [2.75, 3.05) is 19.0 Å². The summed E-state index contributed by atoms with van der Waals surface area (Å²) in [6.07, 6.45) is 3.35. The molecular formula is C23H25N3O3S. The van der Waals surface area contributed by atoms with E-state index in [-0.39, 0.29) is 11.5 Å². The van der Waals surface area contributed by atoms with Gasteiger partial charge in [-0.3, -0.25) is 14.2 Å². The van der Waals surface area contributed by atoms with E-state index in [1.807, 2.05) is 31.2 Å². The van der Waals surface area contributed by atoms with Crippen molar-refractivity contribution in [2.24, 2.45) is 0 Å². The second-order valence-electron chi connectivity index (χ2n) is 7.45. The summed E-state index contributed by atoms with van der Waals surface area (Å²) in [7, 11) is 1.60. The number of benzene rings is 2. The minimum absolute atomic E-state index is 0.112. The molecule has 1 aliphatic rings. The van der Waals surface area contributed by atoms with Crippen LogP contribution in [0.1, 0.15) is 24.5 Å². The summed E-state index contributed by atoms with van der Waals surface area (Å²) in [6.45, 7) is 2.60. The van der Waals surface area contributed by atoms with Crippen LogP contribution in [0.25, 0.3) is 10.9 Å². The van der Waals surface area contributed by atoms with Crippen LogP contribution in [0.3, 0.4) is 0 Å². The van der Waals surface area contributed by atoms with Gasteiger partial charge in [0.15, 0.2) is 5.16 Å². The van der Waals surface area contributed by atoms with Crippen molar-refractivity contribution < 1.29 is 9.53 Å². The number of ether oxygens (including phenoxy) is 1. The molecule has 0 saturated carbocycles. The first kappa shape index (κ1) is 20.6. The third-order valence-corrected chi connectivity index (χ3v) is 6.45. The van der Waals surface area contributed by atoms with Crippen molar-refractivity contribution in [1.29, 1.82) is 0 Å². The number of anilines is 1. The number of aromatic nitrogens is 2. The lowest BCUT2D eigenvalue weighted by Crippen LogP contribution is -2.28. The highest BCUT2D eigenvalue weighted by atomic mass is 32.2. The number of hydrogen-bond acceptors (Lipinski definition) is 5. The molecule has 2 aromatic carbocycles.